The topological polar surface area (TPSA) is 73.2 Å². The Morgan fingerprint density at radius 1 is 1.25 bits per heavy atom. The van der Waals surface area contributed by atoms with Gasteiger partial charge in [-0.25, -0.2) is 4.98 Å². The van der Waals surface area contributed by atoms with Gasteiger partial charge >= 0.3 is 12.1 Å². The van der Waals surface area contributed by atoms with Gasteiger partial charge in [0.05, 0.1) is 11.0 Å². The molecule has 9 heteroatoms. The number of benzene rings is 1. The normalized spacial score (nSPS) is 20.1. The highest BCUT2D eigenvalue weighted by atomic mass is 19.4. The van der Waals surface area contributed by atoms with E-state index in [-0.39, 0.29) is 17.1 Å². The lowest BCUT2D eigenvalue weighted by Gasteiger charge is -2.29. The van der Waals surface area contributed by atoms with Crippen LogP contribution in [0, 0.1) is 5.92 Å². The Labute approximate surface area is 160 Å². The van der Waals surface area contributed by atoms with Crippen molar-refractivity contribution in [1.29, 1.82) is 0 Å². The lowest BCUT2D eigenvalue weighted by molar-refractivity contribution is -0.153. The van der Waals surface area contributed by atoms with Crippen molar-refractivity contribution in [3.05, 3.63) is 30.1 Å². The number of hydrogen-bond donors (Lipinski definition) is 1. The molecule has 28 heavy (non-hydrogen) atoms. The van der Waals surface area contributed by atoms with Crippen molar-refractivity contribution in [3.8, 4) is 0 Å². The number of rotatable bonds is 5. The van der Waals surface area contributed by atoms with E-state index >= 15 is 0 Å². The molecule has 1 aliphatic carbocycles. The van der Waals surface area contributed by atoms with Gasteiger partial charge in [0.25, 0.3) is 5.91 Å². The molecular weight excluding hydrogens is 375 g/mol. The van der Waals surface area contributed by atoms with Gasteiger partial charge < -0.3 is 14.6 Å². The van der Waals surface area contributed by atoms with E-state index in [0.717, 1.165) is 30.3 Å². The maximum atomic E-state index is 13.2. The molecule has 2 atom stereocenters. The maximum Gasteiger partial charge on any atom is 0.449 e. The maximum absolute atomic E-state index is 13.2. The fourth-order valence-corrected chi connectivity index (χ4v) is 3.55. The molecule has 6 nitrogen and oxygen atoms in total. The van der Waals surface area contributed by atoms with Crippen LogP contribution in [0.1, 0.15) is 38.4 Å². The molecule has 0 spiro atoms. The molecule has 1 N–H and O–H groups in total. The summed E-state index contributed by atoms with van der Waals surface area (Å²) in [5, 5.41) is 2.83. The molecule has 0 radical (unpaired) electrons. The third-order valence-corrected chi connectivity index (χ3v) is 5.02. The number of amides is 1. The molecule has 0 saturated heterocycles. The largest absolute Gasteiger partial charge is 0.454 e. The first-order valence-corrected chi connectivity index (χ1v) is 9.23. The first-order chi connectivity index (χ1) is 13.3. The smallest absolute Gasteiger partial charge is 0.449 e. The Balaban J connectivity index is 1.62. The van der Waals surface area contributed by atoms with E-state index in [1.807, 2.05) is 0 Å². The summed E-state index contributed by atoms with van der Waals surface area (Å²) < 4.78 is 45.4. The SMILES string of the molecule is CC1CCCCC1NC(=O)COC(=O)Cn1c(C(F)(F)F)nc2ccccc21. The highest BCUT2D eigenvalue weighted by molar-refractivity contribution is 5.82. The van der Waals surface area contributed by atoms with Crippen LogP contribution in [0.5, 0.6) is 0 Å². The highest BCUT2D eigenvalue weighted by Gasteiger charge is 2.38. The molecule has 1 aromatic carbocycles. The van der Waals surface area contributed by atoms with Gasteiger partial charge in [0.15, 0.2) is 6.61 Å². The van der Waals surface area contributed by atoms with Crippen molar-refractivity contribution in [3.63, 3.8) is 0 Å². The van der Waals surface area contributed by atoms with Gasteiger partial charge in [0.1, 0.15) is 6.54 Å². The summed E-state index contributed by atoms with van der Waals surface area (Å²) in [5.41, 5.74) is 0.305. The number of imidazole rings is 1. The number of nitrogens with zero attached hydrogens (tertiary/aromatic N) is 2. The van der Waals surface area contributed by atoms with Gasteiger partial charge in [0, 0.05) is 6.04 Å². The molecule has 152 valence electrons. The van der Waals surface area contributed by atoms with Gasteiger partial charge in [-0.2, -0.15) is 13.2 Å². The summed E-state index contributed by atoms with van der Waals surface area (Å²) in [6, 6.07) is 6.04. The molecule has 1 heterocycles. The third kappa shape index (κ3) is 4.63. The number of nitrogens with one attached hydrogen (secondary N) is 1. The summed E-state index contributed by atoms with van der Waals surface area (Å²) in [7, 11) is 0. The molecule has 3 rings (SSSR count). The van der Waals surface area contributed by atoms with Gasteiger partial charge in [-0.1, -0.05) is 31.9 Å². The van der Waals surface area contributed by atoms with Crippen LogP contribution in [-0.2, 0) is 27.0 Å². The predicted octanol–water partition coefficient (Wildman–Crippen LogP) is 3.29. The molecule has 1 aromatic heterocycles. The number of carbonyl (C=O) groups is 2. The molecule has 0 bridgehead atoms. The monoisotopic (exact) mass is 397 g/mol. The Kier molecular flexibility index (Phi) is 5.90. The van der Waals surface area contributed by atoms with Crippen molar-refractivity contribution < 1.29 is 27.5 Å². The summed E-state index contributed by atoms with van der Waals surface area (Å²) >= 11 is 0. The molecule has 1 aliphatic rings. The lowest BCUT2D eigenvalue weighted by atomic mass is 9.86. The number of hydrogen-bond acceptors (Lipinski definition) is 4. The second kappa shape index (κ2) is 8.20. The zero-order chi connectivity index (χ0) is 20.3. The minimum atomic E-state index is -4.71. The van der Waals surface area contributed by atoms with Crippen molar-refractivity contribution in [2.24, 2.45) is 5.92 Å². The second-order valence-corrected chi connectivity index (χ2v) is 7.10. The van der Waals surface area contributed by atoms with Gasteiger partial charge in [-0.3, -0.25) is 9.59 Å². The average molecular weight is 397 g/mol. The van der Waals surface area contributed by atoms with E-state index in [1.165, 1.54) is 12.1 Å². The number of ether oxygens (including phenoxy) is 1. The number of halogens is 3. The average Bonchev–Trinajstić information content (AvgIpc) is 3.01. The third-order valence-electron chi connectivity index (χ3n) is 5.02. The molecule has 1 fully saturated rings. The van der Waals surface area contributed by atoms with Crippen LogP contribution >= 0.6 is 0 Å². The van der Waals surface area contributed by atoms with Gasteiger partial charge in [0.2, 0.25) is 5.82 Å². The van der Waals surface area contributed by atoms with Crippen molar-refractivity contribution in [2.75, 3.05) is 6.61 Å². The van der Waals surface area contributed by atoms with Crippen molar-refractivity contribution in [2.45, 2.75) is 51.4 Å². The van der Waals surface area contributed by atoms with Crippen molar-refractivity contribution in [1.82, 2.24) is 14.9 Å². The minimum Gasteiger partial charge on any atom is -0.454 e. The molecule has 2 unspecified atom stereocenters. The molecule has 0 aliphatic heterocycles. The van der Waals surface area contributed by atoms with E-state index < -0.39 is 37.0 Å². The standard InChI is InChI=1S/C19H22F3N3O3/c1-12-6-2-3-7-13(12)23-16(26)11-28-17(27)10-25-15-9-5-4-8-14(15)24-18(25)19(20,21)22/h4-5,8-9,12-13H,2-3,6-7,10-11H2,1H3,(H,23,26). The van der Waals surface area contributed by atoms with Gasteiger partial charge in [-0.15, -0.1) is 0 Å². The molecular formula is C19H22F3N3O3. The summed E-state index contributed by atoms with van der Waals surface area (Å²) in [4.78, 5) is 27.7. The first kappa shape index (κ1) is 20.2. The van der Waals surface area contributed by atoms with E-state index in [4.69, 9.17) is 4.74 Å². The van der Waals surface area contributed by atoms with E-state index in [0.29, 0.717) is 5.92 Å². The summed E-state index contributed by atoms with van der Waals surface area (Å²) in [6.07, 6.45) is -0.658. The number of para-hydroxylation sites is 2. The second-order valence-electron chi connectivity index (χ2n) is 7.10. The highest BCUT2D eigenvalue weighted by Crippen LogP contribution is 2.31. The zero-order valence-electron chi connectivity index (χ0n) is 15.5. The Bertz CT molecular complexity index is 863. The molecule has 1 amide bonds. The van der Waals surface area contributed by atoms with Crippen LogP contribution in [-0.4, -0.2) is 34.1 Å². The Hall–Kier alpha value is -2.58. The number of aromatic nitrogens is 2. The Morgan fingerprint density at radius 2 is 1.96 bits per heavy atom. The number of carbonyl (C=O) groups excluding carboxylic acids is 2. The van der Waals surface area contributed by atoms with E-state index in [1.54, 1.807) is 12.1 Å². The Morgan fingerprint density at radius 3 is 2.68 bits per heavy atom. The quantitative estimate of drug-likeness (QED) is 0.786. The van der Waals surface area contributed by atoms with Crippen LogP contribution in [0.3, 0.4) is 0 Å². The lowest BCUT2D eigenvalue weighted by Crippen LogP contribution is -2.43. The predicted molar refractivity (Wildman–Crippen MR) is 95.3 cm³/mol. The molecule has 2 aromatic rings. The molecule has 1 saturated carbocycles. The van der Waals surface area contributed by atoms with Crippen molar-refractivity contribution >= 4 is 22.9 Å². The van der Waals surface area contributed by atoms with Crippen LogP contribution in [0.4, 0.5) is 13.2 Å². The number of alkyl halides is 3. The van der Waals surface area contributed by atoms with E-state index in [2.05, 4.69) is 17.2 Å². The van der Waals surface area contributed by atoms with Crippen LogP contribution in [0.15, 0.2) is 24.3 Å². The van der Waals surface area contributed by atoms with Gasteiger partial charge in [-0.05, 0) is 30.9 Å². The van der Waals surface area contributed by atoms with Crippen LogP contribution in [0.2, 0.25) is 0 Å². The van der Waals surface area contributed by atoms with E-state index in [9.17, 15) is 22.8 Å². The fourth-order valence-electron chi connectivity index (χ4n) is 3.55. The summed E-state index contributed by atoms with van der Waals surface area (Å²) in [5.74, 6) is -2.20. The number of fused-ring (bicyclic) bond motifs is 1. The first-order valence-electron chi connectivity index (χ1n) is 9.23. The van der Waals surface area contributed by atoms with Crippen LogP contribution < -0.4 is 5.32 Å². The number of esters is 1. The van der Waals surface area contributed by atoms with Crippen LogP contribution in [0.25, 0.3) is 11.0 Å². The fraction of sp³-hybridized carbons (Fsp3) is 0.526. The minimum absolute atomic E-state index is 0.0365. The zero-order valence-corrected chi connectivity index (χ0v) is 15.5. The summed E-state index contributed by atoms with van der Waals surface area (Å²) in [6.45, 7) is 0.859.